The first-order valence-electron chi connectivity index (χ1n) is 4.91. The Labute approximate surface area is 86.2 Å². The smallest absolute Gasteiger partial charge is 0.241 e. The summed E-state index contributed by atoms with van der Waals surface area (Å²) >= 11 is 5.54. The second-order valence-corrected chi connectivity index (χ2v) is 4.11. The van der Waals surface area contributed by atoms with Gasteiger partial charge in [0, 0.05) is 0 Å². The van der Waals surface area contributed by atoms with Gasteiger partial charge in [0.15, 0.2) is 0 Å². The third-order valence-corrected chi connectivity index (χ3v) is 2.90. The summed E-state index contributed by atoms with van der Waals surface area (Å²) in [6, 6.07) is 0. The summed E-state index contributed by atoms with van der Waals surface area (Å²) in [6.07, 6.45) is 2.25. The molecule has 0 radical (unpaired) electrons. The molecule has 0 saturated heterocycles. The Hall–Kier alpha value is -0.0800. The molecule has 0 aromatic rings. The van der Waals surface area contributed by atoms with Gasteiger partial charge in [-0.3, -0.25) is 9.69 Å². The maximum Gasteiger partial charge on any atom is 0.241 e. The Morgan fingerprint density at radius 3 is 2.23 bits per heavy atom. The number of halogens is 1. The van der Waals surface area contributed by atoms with Crippen molar-refractivity contribution in [2.24, 2.45) is 0 Å². The van der Waals surface area contributed by atoms with E-state index in [1.165, 1.54) is 0 Å². The predicted molar refractivity (Wildman–Crippen MR) is 57.1 cm³/mol. The van der Waals surface area contributed by atoms with Crippen LogP contribution in [-0.4, -0.2) is 28.8 Å². The lowest BCUT2D eigenvalue weighted by Gasteiger charge is -2.34. The number of likely N-dealkylation sites (N-methyl/N-ethyl adjacent to an activating group) is 1. The van der Waals surface area contributed by atoms with Gasteiger partial charge >= 0.3 is 0 Å². The average molecular weight is 206 g/mol. The lowest BCUT2D eigenvalue weighted by atomic mass is 10.0. The largest absolute Gasteiger partial charge is 0.291 e. The fraction of sp³-hybridized carbons (Fsp3) is 0.900. The number of hydrogen-bond donors (Lipinski definition) is 0. The van der Waals surface area contributed by atoms with Crippen molar-refractivity contribution in [3.63, 3.8) is 0 Å². The van der Waals surface area contributed by atoms with E-state index in [1.54, 1.807) is 0 Å². The van der Waals surface area contributed by atoms with Crippen LogP contribution in [0.4, 0.5) is 0 Å². The highest BCUT2D eigenvalue weighted by Gasteiger charge is 2.31. The normalized spacial score (nSPS) is 12.2. The van der Waals surface area contributed by atoms with Crippen molar-refractivity contribution in [1.29, 1.82) is 0 Å². The summed E-state index contributed by atoms with van der Waals surface area (Å²) in [7, 11) is 0. The lowest BCUT2D eigenvalue weighted by Crippen LogP contribution is -2.48. The van der Waals surface area contributed by atoms with Crippen LogP contribution in [0.15, 0.2) is 0 Å². The van der Waals surface area contributed by atoms with Crippen molar-refractivity contribution < 1.29 is 4.79 Å². The summed E-state index contributed by atoms with van der Waals surface area (Å²) in [4.78, 5) is 13.3. The van der Waals surface area contributed by atoms with Crippen LogP contribution < -0.4 is 0 Å². The molecule has 0 aromatic heterocycles. The predicted octanol–water partition coefficient (Wildman–Crippen LogP) is 2.65. The van der Waals surface area contributed by atoms with Crippen molar-refractivity contribution in [3.05, 3.63) is 0 Å². The topological polar surface area (TPSA) is 20.3 Å². The van der Waals surface area contributed by atoms with Gasteiger partial charge in [-0.25, -0.2) is 0 Å². The molecule has 0 heterocycles. The van der Waals surface area contributed by atoms with Gasteiger partial charge in [-0.15, -0.1) is 0 Å². The van der Waals surface area contributed by atoms with E-state index in [4.69, 9.17) is 11.6 Å². The quantitative estimate of drug-likeness (QED) is 0.622. The van der Waals surface area contributed by atoms with E-state index in [-0.39, 0.29) is 5.24 Å². The van der Waals surface area contributed by atoms with Gasteiger partial charge in [0.05, 0.1) is 5.54 Å². The van der Waals surface area contributed by atoms with Gasteiger partial charge in [0.25, 0.3) is 0 Å². The first-order chi connectivity index (χ1) is 5.96. The van der Waals surface area contributed by atoms with E-state index in [0.717, 1.165) is 25.9 Å². The summed E-state index contributed by atoms with van der Waals surface area (Å²) in [6.45, 7) is 9.76. The monoisotopic (exact) mass is 205 g/mol. The highest BCUT2D eigenvalue weighted by atomic mass is 35.5. The van der Waals surface area contributed by atoms with E-state index in [1.807, 2.05) is 13.8 Å². The molecule has 0 aliphatic rings. The van der Waals surface area contributed by atoms with Gasteiger partial charge < -0.3 is 0 Å². The molecule has 0 bridgehead atoms. The Balaban J connectivity index is 4.28. The minimum atomic E-state index is -0.522. The minimum absolute atomic E-state index is 0.273. The number of hydrogen-bond acceptors (Lipinski definition) is 2. The van der Waals surface area contributed by atoms with Crippen molar-refractivity contribution >= 4 is 16.8 Å². The maximum atomic E-state index is 11.2. The number of nitrogens with zero attached hydrogens (tertiary/aromatic N) is 1. The summed E-state index contributed by atoms with van der Waals surface area (Å²) in [5.41, 5.74) is -0.522. The van der Waals surface area contributed by atoms with E-state index >= 15 is 0 Å². The highest BCUT2D eigenvalue weighted by Crippen LogP contribution is 2.18. The van der Waals surface area contributed by atoms with Gasteiger partial charge in [-0.05, 0) is 45.0 Å². The first-order valence-corrected chi connectivity index (χ1v) is 5.29. The number of carbonyl (C=O) groups is 1. The van der Waals surface area contributed by atoms with Crippen LogP contribution >= 0.6 is 11.6 Å². The molecule has 0 aromatic carbocycles. The van der Waals surface area contributed by atoms with E-state index in [9.17, 15) is 4.79 Å². The fourth-order valence-corrected chi connectivity index (χ4v) is 1.43. The second-order valence-electron chi connectivity index (χ2n) is 3.77. The van der Waals surface area contributed by atoms with Crippen LogP contribution in [0.1, 0.15) is 40.5 Å². The van der Waals surface area contributed by atoms with Crippen molar-refractivity contribution in [3.8, 4) is 0 Å². The van der Waals surface area contributed by atoms with E-state index < -0.39 is 5.54 Å². The molecule has 0 amide bonds. The molecule has 0 spiro atoms. The van der Waals surface area contributed by atoms with Crippen LogP contribution in [0.5, 0.6) is 0 Å². The van der Waals surface area contributed by atoms with Crippen molar-refractivity contribution in [2.75, 3.05) is 13.1 Å². The fourth-order valence-electron chi connectivity index (χ4n) is 1.31. The molecule has 0 aliphatic heterocycles. The molecule has 0 unspecified atom stereocenters. The van der Waals surface area contributed by atoms with Crippen LogP contribution in [0.3, 0.4) is 0 Å². The van der Waals surface area contributed by atoms with Crippen LogP contribution in [0.25, 0.3) is 0 Å². The Bertz CT molecular complexity index is 168. The zero-order valence-electron chi connectivity index (χ0n) is 9.06. The van der Waals surface area contributed by atoms with Crippen LogP contribution in [-0.2, 0) is 4.79 Å². The molecule has 3 heteroatoms. The van der Waals surface area contributed by atoms with Crippen molar-refractivity contribution in [2.45, 2.75) is 46.1 Å². The van der Waals surface area contributed by atoms with Crippen molar-refractivity contribution in [1.82, 2.24) is 4.90 Å². The molecular formula is C10H20ClNO. The van der Waals surface area contributed by atoms with Crippen LogP contribution in [0.2, 0.25) is 0 Å². The van der Waals surface area contributed by atoms with Crippen LogP contribution in [0, 0.1) is 0 Å². The molecule has 78 valence electrons. The average Bonchev–Trinajstić information content (AvgIpc) is 2.05. The van der Waals surface area contributed by atoms with E-state index in [0.29, 0.717) is 0 Å². The SMILES string of the molecule is CCCCN(CC)C(C)(C)C(=O)Cl. The molecule has 0 atom stereocenters. The summed E-state index contributed by atoms with van der Waals surface area (Å²) in [5, 5.41) is -0.273. The molecule has 0 rings (SSSR count). The Morgan fingerprint density at radius 2 is 1.92 bits per heavy atom. The number of carbonyl (C=O) groups excluding carboxylic acids is 1. The molecule has 0 saturated carbocycles. The highest BCUT2D eigenvalue weighted by molar-refractivity contribution is 6.65. The van der Waals surface area contributed by atoms with Gasteiger partial charge in [0.2, 0.25) is 5.24 Å². The van der Waals surface area contributed by atoms with Gasteiger partial charge in [-0.2, -0.15) is 0 Å². The molecule has 0 fully saturated rings. The first kappa shape index (κ1) is 12.9. The molecular weight excluding hydrogens is 186 g/mol. The van der Waals surface area contributed by atoms with Gasteiger partial charge in [0.1, 0.15) is 0 Å². The molecule has 2 nitrogen and oxygen atoms in total. The molecule has 13 heavy (non-hydrogen) atoms. The zero-order chi connectivity index (χ0) is 10.5. The number of unbranched alkanes of at least 4 members (excludes halogenated alkanes) is 1. The Morgan fingerprint density at radius 1 is 1.38 bits per heavy atom. The molecule has 0 N–H and O–H groups in total. The summed E-state index contributed by atoms with van der Waals surface area (Å²) < 4.78 is 0. The zero-order valence-corrected chi connectivity index (χ0v) is 9.82. The van der Waals surface area contributed by atoms with Gasteiger partial charge in [-0.1, -0.05) is 20.3 Å². The Kier molecular flexibility index (Phi) is 5.57. The second kappa shape index (κ2) is 5.61. The molecule has 0 aliphatic carbocycles. The lowest BCUT2D eigenvalue weighted by molar-refractivity contribution is -0.121. The maximum absolute atomic E-state index is 11.2. The standard InChI is InChI=1S/C10H20ClNO/c1-5-7-8-12(6-2)10(3,4)9(11)13/h5-8H2,1-4H3. The third kappa shape index (κ3) is 3.65. The third-order valence-electron chi connectivity index (χ3n) is 2.43. The minimum Gasteiger partial charge on any atom is -0.291 e. The van der Waals surface area contributed by atoms with E-state index in [2.05, 4.69) is 18.7 Å². The number of rotatable bonds is 6. The summed E-state index contributed by atoms with van der Waals surface area (Å²) in [5.74, 6) is 0.